The van der Waals surface area contributed by atoms with Gasteiger partial charge in [-0.15, -0.1) is 0 Å². The van der Waals surface area contributed by atoms with Crippen LogP contribution in [-0.4, -0.2) is 5.71 Å². The number of rotatable bonds is 0. The van der Waals surface area contributed by atoms with E-state index in [1.165, 1.54) is 6.42 Å². The molecule has 1 aliphatic rings. The van der Waals surface area contributed by atoms with Gasteiger partial charge in [0.15, 0.2) is 0 Å². The summed E-state index contributed by atoms with van der Waals surface area (Å²) in [5.41, 5.74) is 0.653. The highest BCUT2D eigenvalue weighted by Gasteiger charge is 2.15. The fraction of sp³-hybridized carbons (Fsp3) is 0.750. The minimum absolute atomic E-state index is 0.0671. The molecule has 0 spiro atoms. The van der Waals surface area contributed by atoms with Crippen molar-refractivity contribution in [3.05, 3.63) is 0 Å². The second kappa shape index (κ2) is 3.36. The van der Waals surface area contributed by atoms with Gasteiger partial charge in [0, 0.05) is 5.71 Å². The molecular formula is C8H12N2. The molecule has 1 N–H and O–H groups in total. The SMILES string of the molecule is N#CC1CCCCCC1=N. The molecule has 2 nitrogen and oxygen atoms in total. The Labute approximate surface area is 61.4 Å². The second-order valence-electron chi connectivity index (χ2n) is 2.81. The zero-order chi connectivity index (χ0) is 7.40. The smallest absolute Gasteiger partial charge is 0.0838 e. The minimum atomic E-state index is -0.0671. The van der Waals surface area contributed by atoms with Crippen molar-refractivity contribution in [2.24, 2.45) is 5.92 Å². The molecule has 0 amide bonds. The van der Waals surface area contributed by atoms with Crippen LogP contribution < -0.4 is 0 Å². The van der Waals surface area contributed by atoms with Crippen LogP contribution in [0.1, 0.15) is 32.1 Å². The van der Waals surface area contributed by atoms with E-state index in [2.05, 4.69) is 6.07 Å². The van der Waals surface area contributed by atoms with E-state index in [4.69, 9.17) is 10.7 Å². The third-order valence-electron chi connectivity index (χ3n) is 2.02. The zero-order valence-corrected chi connectivity index (χ0v) is 6.06. The maximum absolute atomic E-state index is 8.60. The van der Waals surface area contributed by atoms with Crippen LogP contribution in [-0.2, 0) is 0 Å². The average molecular weight is 136 g/mol. The van der Waals surface area contributed by atoms with Gasteiger partial charge in [0.05, 0.1) is 12.0 Å². The van der Waals surface area contributed by atoms with Gasteiger partial charge < -0.3 is 5.41 Å². The van der Waals surface area contributed by atoms with Gasteiger partial charge in [-0.3, -0.25) is 0 Å². The molecule has 1 aliphatic carbocycles. The van der Waals surface area contributed by atoms with Crippen molar-refractivity contribution in [3.63, 3.8) is 0 Å². The molecule has 0 aliphatic heterocycles. The summed E-state index contributed by atoms with van der Waals surface area (Å²) in [6, 6.07) is 2.17. The lowest BCUT2D eigenvalue weighted by Crippen LogP contribution is -2.08. The molecule has 0 saturated heterocycles. The van der Waals surface area contributed by atoms with Gasteiger partial charge in [0.25, 0.3) is 0 Å². The van der Waals surface area contributed by atoms with Crippen LogP contribution in [0, 0.1) is 22.7 Å². The lowest BCUT2D eigenvalue weighted by molar-refractivity contribution is 0.664. The molecule has 0 aromatic carbocycles. The van der Waals surface area contributed by atoms with Crippen LogP contribution >= 0.6 is 0 Å². The third-order valence-corrected chi connectivity index (χ3v) is 2.02. The first-order chi connectivity index (χ1) is 4.84. The second-order valence-corrected chi connectivity index (χ2v) is 2.81. The van der Waals surface area contributed by atoms with E-state index in [1.807, 2.05) is 0 Å². The van der Waals surface area contributed by atoms with Crippen molar-refractivity contribution in [1.29, 1.82) is 10.7 Å². The normalized spacial score (nSPS) is 27.1. The highest BCUT2D eigenvalue weighted by atomic mass is 14.5. The van der Waals surface area contributed by atoms with E-state index < -0.39 is 0 Å². The van der Waals surface area contributed by atoms with E-state index in [0.29, 0.717) is 5.71 Å². The molecule has 54 valence electrons. The van der Waals surface area contributed by atoms with Gasteiger partial charge in [-0.25, -0.2) is 0 Å². The number of nitrogens with zero attached hydrogens (tertiary/aromatic N) is 1. The average Bonchev–Trinajstić information content (AvgIpc) is 2.13. The van der Waals surface area contributed by atoms with E-state index in [1.54, 1.807) is 0 Å². The van der Waals surface area contributed by atoms with Gasteiger partial charge in [0.2, 0.25) is 0 Å². The van der Waals surface area contributed by atoms with Gasteiger partial charge in [0.1, 0.15) is 0 Å². The molecule has 2 heteroatoms. The fourth-order valence-electron chi connectivity index (χ4n) is 1.33. The van der Waals surface area contributed by atoms with Gasteiger partial charge in [-0.1, -0.05) is 12.8 Å². The quantitative estimate of drug-likeness (QED) is 0.509. The van der Waals surface area contributed by atoms with Crippen LogP contribution in [0.5, 0.6) is 0 Å². The molecule has 1 unspecified atom stereocenters. The van der Waals surface area contributed by atoms with Gasteiger partial charge in [-0.05, 0) is 19.3 Å². The Morgan fingerprint density at radius 2 is 2.20 bits per heavy atom. The van der Waals surface area contributed by atoms with Gasteiger partial charge >= 0.3 is 0 Å². The van der Waals surface area contributed by atoms with E-state index in [9.17, 15) is 0 Å². The number of hydrogen-bond acceptors (Lipinski definition) is 2. The maximum atomic E-state index is 8.60. The molecule has 0 aromatic rings. The summed E-state index contributed by atoms with van der Waals surface area (Å²) >= 11 is 0. The van der Waals surface area contributed by atoms with Crippen molar-refractivity contribution in [1.82, 2.24) is 0 Å². The molecule has 0 heterocycles. The molecule has 1 rings (SSSR count). The summed E-state index contributed by atoms with van der Waals surface area (Å²) < 4.78 is 0. The minimum Gasteiger partial charge on any atom is -0.308 e. The number of hydrogen-bond donors (Lipinski definition) is 1. The Morgan fingerprint density at radius 3 is 2.90 bits per heavy atom. The Hall–Kier alpha value is -0.840. The van der Waals surface area contributed by atoms with E-state index >= 15 is 0 Å². The van der Waals surface area contributed by atoms with Crippen molar-refractivity contribution in [3.8, 4) is 6.07 Å². The van der Waals surface area contributed by atoms with Crippen LogP contribution in [0.25, 0.3) is 0 Å². The predicted molar refractivity (Wildman–Crippen MR) is 39.9 cm³/mol. The summed E-state index contributed by atoms with van der Waals surface area (Å²) in [5.74, 6) is -0.0671. The lowest BCUT2D eigenvalue weighted by atomic mass is 10.0. The summed E-state index contributed by atoms with van der Waals surface area (Å²) in [6.07, 6.45) is 5.19. The molecular weight excluding hydrogens is 124 g/mol. The Balaban J connectivity index is 2.54. The van der Waals surface area contributed by atoms with Crippen molar-refractivity contribution < 1.29 is 0 Å². The first kappa shape index (κ1) is 7.27. The first-order valence-electron chi connectivity index (χ1n) is 3.81. The topological polar surface area (TPSA) is 47.6 Å². The van der Waals surface area contributed by atoms with E-state index in [0.717, 1.165) is 25.7 Å². The largest absolute Gasteiger partial charge is 0.308 e. The molecule has 1 saturated carbocycles. The fourth-order valence-corrected chi connectivity index (χ4v) is 1.33. The van der Waals surface area contributed by atoms with Crippen LogP contribution in [0.15, 0.2) is 0 Å². The lowest BCUT2D eigenvalue weighted by Gasteiger charge is -2.02. The van der Waals surface area contributed by atoms with Crippen molar-refractivity contribution in [2.45, 2.75) is 32.1 Å². The van der Waals surface area contributed by atoms with Crippen LogP contribution in [0.3, 0.4) is 0 Å². The summed E-state index contributed by atoms with van der Waals surface area (Å²) in [7, 11) is 0. The maximum Gasteiger partial charge on any atom is 0.0838 e. The zero-order valence-electron chi connectivity index (χ0n) is 6.06. The van der Waals surface area contributed by atoms with Crippen molar-refractivity contribution >= 4 is 5.71 Å². The van der Waals surface area contributed by atoms with E-state index in [-0.39, 0.29) is 5.92 Å². The Kier molecular flexibility index (Phi) is 2.44. The number of nitriles is 1. The highest BCUT2D eigenvalue weighted by molar-refractivity contribution is 5.86. The predicted octanol–water partition coefficient (Wildman–Crippen LogP) is 2.11. The highest BCUT2D eigenvalue weighted by Crippen LogP contribution is 2.18. The first-order valence-corrected chi connectivity index (χ1v) is 3.81. The van der Waals surface area contributed by atoms with Crippen LogP contribution in [0.4, 0.5) is 0 Å². The standard InChI is InChI=1S/C8H12N2/c9-6-7-4-2-1-3-5-8(7)10/h7,10H,1-5H2. The third kappa shape index (κ3) is 1.57. The monoisotopic (exact) mass is 136 g/mol. The molecule has 0 radical (unpaired) electrons. The Bertz CT molecular complexity index is 167. The molecule has 10 heavy (non-hydrogen) atoms. The Morgan fingerprint density at radius 1 is 1.40 bits per heavy atom. The molecule has 1 atom stereocenters. The van der Waals surface area contributed by atoms with Crippen LogP contribution in [0.2, 0.25) is 0 Å². The van der Waals surface area contributed by atoms with Crippen molar-refractivity contribution in [2.75, 3.05) is 0 Å². The summed E-state index contributed by atoms with van der Waals surface area (Å²) in [5, 5.41) is 16.1. The summed E-state index contributed by atoms with van der Waals surface area (Å²) in [6.45, 7) is 0. The molecule has 1 fully saturated rings. The summed E-state index contributed by atoms with van der Waals surface area (Å²) in [4.78, 5) is 0. The number of nitrogens with one attached hydrogen (secondary N) is 1. The molecule has 0 bridgehead atoms. The van der Waals surface area contributed by atoms with Gasteiger partial charge in [-0.2, -0.15) is 5.26 Å². The molecule has 0 aromatic heterocycles.